The minimum absolute atomic E-state index is 0.219. The highest BCUT2D eigenvalue weighted by Gasteiger charge is 2.30. The number of halogens is 3. The highest BCUT2D eigenvalue weighted by molar-refractivity contribution is 7.98. The van der Waals surface area contributed by atoms with Gasteiger partial charge in [0.2, 0.25) is 0 Å². The number of alkyl halides is 3. The van der Waals surface area contributed by atoms with Crippen molar-refractivity contribution in [3.8, 4) is 0 Å². The van der Waals surface area contributed by atoms with Crippen molar-refractivity contribution >= 4 is 29.1 Å². The van der Waals surface area contributed by atoms with Crippen LogP contribution in [0.1, 0.15) is 20.8 Å². The number of rotatable bonds is 4. The van der Waals surface area contributed by atoms with Crippen LogP contribution in [0.4, 0.5) is 13.2 Å². The number of thioether (sulfide) groups is 1. The van der Waals surface area contributed by atoms with E-state index in [1.165, 1.54) is 23.9 Å². The van der Waals surface area contributed by atoms with Crippen LogP contribution in [0.5, 0.6) is 0 Å². The Kier molecular flexibility index (Phi) is 4.39. The van der Waals surface area contributed by atoms with Crippen molar-refractivity contribution in [3.05, 3.63) is 51.7 Å². The lowest BCUT2D eigenvalue weighted by atomic mass is 10.1. The van der Waals surface area contributed by atoms with Gasteiger partial charge in [-0.2, -0.15) is 13.2 Å². The van der Waals surface area contributed by atoms with Crippen molar-refractivity contribution in [1.82, 2.24) is 0 Å². The minimum Gasteiger partial charge on any atom is -0.477 e. The van der Waals surface area contributed by atoms with Gasteiger partial charge in [0.25, 0.3) is 0 Å². The van der Waals surface area contributed by atoms with Gasteiger partial charge in [-0.15, -0.1) is 23.1 Å². The maximum Gasteiger partial charge on any atom is 0.416 e. The summed E-state index contributed by atoms with van der Waals surface area (Å²) in [6, 6.07) is 6.64. The predicted octanol–water partition coefficient (Wildman–Crippen LogP) is 4.76. The molecule has 0 saturated heterocycles. The van der Waals surface area contributed by atoms with Gasteiger partial charge in [0.15, 0.2) is 0 Å². The van der Waals surface area contributed by atoms with E-state index in [2.05, 4.69) is 0 Å². The molecule has 106 valence electrons. The monoisotopic (exact) mass is 318 g/mol. The smallest absolute Gasteiger partial charge is 0.416 e. The van der Waals surface area contributed by atoms with E-state index in [1.807, 2.05) is 0 Å². The third-order valence-corrected chi connectivity index (χ3v) is 4.56. The first-order chi connectivity index (χ1) is 9.36. The van der Waals surface area contributed by atoms with Crippen LogP contribution in [0.15, 0.2) is 40.6 Å². The van der Waals surface area contributed by atoms with Gasteiger partial charge in [-0.3, -0.25) is 0 Å². The van der Waals surface area contributed by atoms with E-state index in [9.17, 15) is 18.0 Å². The van der Waals surface area contributed by atoms with E-state index < -0.39 is 17.7 Å². The van der Waals surface area contributed by atoms with Gasteiger partial charge in [0, 0.05) is 16.0 Å². The summed E-state index contributed by atoms with van der Waals surface area (Å²) in [5, 5.41) is 10.5. The summed E-state index contributed by atoms with van der Waals surface area (Å²) < 4.78 is 37.7. The molecular weight excluding hydrogens is 309 g/mol. The van der Waals surface area contributed by atoms with Crippen molar-refractivity contribution < 1.29 is 23.1 Å². The van der Waals surface area contributed by atoms with Gasteiger partial charge in [-0.05, 0) is 17.7 Å². The van der Waals surface area contributed by atoms with E-state index in [1.54, 1.807) is 11.4 Å². The zero-order valence-electron chi connectivity index (χ0n) is 9.98. The molecule has 2 aromatic rings. The molecule has 2 rings (SSSR count). The number of hydrogen-bond donors (Lipinski definition) is 1. The number of carboxylic acids is 1. The second-order valence-corrected chi connectivity index (χ2v) is 5.90. The standard InChI is InChI=1S/C13H9F3O2S2/c14-13(15,16)9-3-1-2-8(4-9)6-19-10-5-11(12(17)18)20-7-10/h1-5,7H,6H2,(H,17,18). The molecule has 20 heavy (non-hydrogen) atoms. The third-order valence-electron chi connectivity index (χ3n) is 2.45. The van der Waals surface area contributed by atoms with Gasteiger partial charge in [0.05, 0.1) is 5.56 Å². The minimum atomic E-state index is -4.35. The number of carbonyl (C=O) groups is 1. The highest BCUT2D eigenvalue weighted by atomic mass is 32.2. The van der Waals surface area contributed by atoms with Crippen LogP contribution < -0.4 is 0 Å². The number of aromatic carboxylic acids is 1. The van der Waals surface area contributed by atoms with E-state index in [0.717, 1.165) is 28.4 Å². The Balaban J connectivity index is 2.05. The maximum absolute atomic E-state index is 12.6. The van der Waals surface area contributed by atoms with Crippen molar-refractivity contribution in [1.29, 1.82) is 0 Å². The zero-order valence-corrected chi connectivity index (χ0v) is 11.6. The Bertz CT molecular complexity index is 620. The first-order valence-electron chi connectivity index (χ1n) is 5.47. The molecule has 0 aliphatic heterocycles. The van der Waals surface area contributed by atoms with Gasteiger partial charge >= 0.3 is 12.1 Å². The molecule has 1 aromatic carbocycles. The Morgan fingerprint density at radius 2 is 2.05 bits per heavy atom. The fourth-order valence-corrected chi connectivity index (χ4v) is 3.32. The molecular formula is C13H9F3O2S2. The molecule has 0 aliphatic carbocycles. The largest absolute Gasteiger partial charge is 0.477 e. The molecule has 0 bridgehead atoms. The Morgan fingerprint density at radius 1 is 1.30 bits per heavy atom. The van der Waals surface area contributed by atoms with Crippen LogP contribution in [0.2, 0.25) is 0 Å². The van der Waals surface area contributed by atoms with Crippen LogP contribution in [0.3, 0.4) is 0 Å². The number of carboxylic acid groups (broad SMARTS) is 1. The average molecular weight is 318 g/mol. The fourth-order valence-electron chi connectivity index (χ4n) is 1.51. The van der Waals surface area contributed by atoms with Crippen LogP contribution in [-0.2, 0) is 11.9 Å². The molecule has 0 fully saturated rings. The zero-order chi connectivity index (χ0) is 14.8. The Morgan fingerprint density at radius 3 is 2.65 bits per heavy atom. The van der Waals surface area contributed by atoms with Gasteiger partial charge in [0.1, 0.15) is 4.88 Å². The van der Waals surface area contributed by atoms with Crippen molar-refractivity contribution in [3.63, 3.8) is 0 Å². The summed E-state index contributed by atoms with van der Waals surface area (Å²) in [7, 11) is 0. The fraction of sp³-hybridized carbons (Fsp3) is 0.154. The van der Waals surface area contributed by atoms with Crippen LogP contribution >= 0.6 is 23.1 Å². The van der Waals surface area contributed by atoms with Gasteiger partial charge in [-0.1, -0.05) is 18.2 Å². The average Bonchev–Trinajstić information content (AvgIpc) is 2.85. The first kappa shape index (κ1) is 14.9. The highest BCUT2D eigenvalue weighted by Crippen LogP contribution is 2.32. The van der Waals surface area contributed by atoms with Crippen LogP contribution in [0, 0.1) is 0 Å². The SMILES string of the molecule is O=C(O)c1cc(SCc2cccc(C(F)(F)F)c2)cs1. The van der Waals surface area contributed by atoms with E-state index in [4.69, 9.17) is 5.11 Å². The maximum atomic E-state index is 12.6. The summed E-state index contributed by atoms with van der Waals surface area (Å²) in [5.41, 5.74) is -0.125. The molecule has 0 spiro atoms. The van der Waals surface area contributed by atoms with E-state index >= 15 is 0 Å². The van der Waals surface area contributed by atoms with Crippen LogP contribution in [0.25, 0.3) is 0 Å². The summed E-state index contributed by atoms with van der Waals surface area (Å²) >= 11 is 2.41. The molecule has 0 amide bonds. The van der Waals surface area contributed by atoms with Crippen LogP contribution in [-0.4, -0.2) is 11.1 Å². The lowest BCUT2D eigenvalue weighted by Crippen LogP contribution is -2.04. The molecule has 2 nitrogen and oxygen atoms in total. The Labute approximate surface area is 121 Å². The summed E-state index contributed by atoms with van der Waals surface area (Å²) in [6.07, 6.45) is -4.35. The van der Waals surface area contributed by atoms with Crippen molar-refractivity contribution in [2.75, 3.05) is 0 Å². The van der Waals surface area contributed by atoms with Gasteiger partial charge < -0.3 is 5.11 Å². The summed E-state index contributed by atoms with van der Waals surface area (Å²) in [5.74, 6) is -0.638. The number of benzene rings is 1. The second-order valence-electron chi connectivity index (χ2n) is 3.94. The van der Waals surface area contributed by atoms with E-state index in [-0.39, 0.29) is 4.88 Å². The lowest BCUT2D eigenvalue weighted by molar-refractivity contribution is -0.137. The second kappa shape index (κ2) is 5.88. The quantitative estimate of drug-likeness (QED) is 0.826. The normalized spacial score (nSPS) is 11.6. The molecule has 1 heterocycles. The van der Waals surface area contributed by atoms with E-state index in [0.29, 0.717) is 11.3 Å². The molecule has 0 radical (unpaired) electrons. The first-order valence-corrected chi connectivity index (χ1v) is 7.33. The summed E-state index contributed by atoms with van der Waals surface area (Å²) in [6.45, 7) is 0. The van der Waals surface area contributed by atoms with Crippen molar-refractivity contribution in [2.45, 2.75) is 16.8 Å². The summed E-state index contributed by atoms with van der Waals surface area (Å²) in [4.78, 5) is 11.7. The molecule has 0 saturated carbocycles. The number of hydrogen-bond acceptors (Lipinski definition) is 3. The predicted molar refractivity (Wildman–Crippen MR) is 72.3 cm³/mol. The molecule has 1 N–H and O–H groups in total. The molecule has 1 aromatic heterocycles. The van der Waals surface area contributed by atoms with Crippen molar-refractivity contribution in [2.24, 2.45) is 0 Å². The topological polar surface area (TPSA) is 37.3 Å². The third kappa shape index (κ3) is 3.77. The molecule has 0 aliphatic rings. The lowest BCUT2D eigenvalue weighted by Gasteiger charge is -2.08. The molecule has 7 heteroatoms. The number of thiophene rings is 1. The molecule has 0 unspecified atom stereocenters. The molecule has 0 atom stereocenters. The van der Waals surface area contributed by atoms with Gasteiger partial charge in [-0.25, -0.2) is 4.79 Å². The Hall–Kier alpha value is -1.47.